The second kappa shape index (κ2) is 4.50. The summed E-state index contributed by atoms with van der Waals surface area (Å²) in [7, 11) is 1.79. The van der Waals surface area contributed by atoms with E-state index in [9.17, 15) is 8.78 Å². The van der Waals surface area contributed by atoms with Crippen molar-refractivity contribution < 1.29 is 8.78 Å². The molecule has 1 unspecified atom stereocenters. The molecule has 0 saturated heterocycles. The molecule has 0 saturated carbocycles. The summed E-state index contributed by atoms with van der Waals surface area (Å²) in [5.74, 6) is -0.984. The van der Waals surface area contributed by atoms with Gasteiger partial charge in [0.25, 0.3) is 0 Å². The zero-order valence-corrected chi connectivity index (χ0v) is 10.5. The van der Waals surface area contributed by atoms with Crippen LogP contribution in [0.3, 0.4) is 0 Å². The van der Waals surface area contributed by atoms with Gasteiger partial charge >= 0.3 is 0 Å². The Morgan fingerprint density at radius 2 is 1.69 bits per heavy atom. The highest BCUT2D eigenvalue weighted by atomic mass is 19.1. The van der Waals surface area contributed by atoms with Gasteiger partial charge in [0.05, 0.1) is 0 Å². The van der Waals surface area contributed by atoms with Crippen LogP contribution < -0.4 is 5.32 Å². The van der Waals surface area contributed by atoms with Gasteiger partial charge in [-0.3, -0.25) is 0 Å². The van der Waals surface area contributed by atoms with Crippen molar-refractivity contribution in [3.63, 3.8) is 0 Å². The maximum atomic E-state index is 13.7. The fourth-order valence-electron chi connectivity index (χ4n) is 1.96. The summed E-state index contributed by atoms with van der Waals surface area (Å²) in [5.41, 5.74) is 0.870. The monoisotopic (exact) mass is 227 g/mol. The van der Waals surface area contributed by atoms with Gasteiger partial charge in [-0.05, 0) is 31.0 Å². The average molecular weight is 227 g/mol. The summed E-state index contributed by atoms with van der Waals surface area (Å²) < 4.78 is 26.9. The molecule has 0 aromatic heterocycles. The lowest BCUT2D eigenvalue weighted by molar-refractivity contribution is 0.279. The number of benzene rings is 1. The maximum absolute atomic E-state index is 13.7. The van der Waals surface area contributed by atoms with Gasteiger partial charge in [-0.1, -0.05) is 20.8 Å². The van der Waals surface area contributed by atoms with Gasteiger partial charge in [-0.2, -0.15) is 0 Å². The van der Waals surface area contributed by atoms with Crippen LogP contribution in [-0.2, 0) is 0 Å². The molecule has 0 aliphatic carbocycles. The molecule has 0 amide bonds. The lowest BCUT2D eigenvalue weighted by Gasteiger charge is -2.31. The van der Waals surface area contributed by atoms with E-state index in [0.29, 0.717) is 11.1 Å². The third kappa shape index (κ3) is 2.59. The molecule has 90 valence electrons. The van der Waals surface area contributed by atoms with Crippen molar-refractivity contribution >= 4 is 0 Å². The molecular weight excluding hydrogens is 208 g/mol. The highest BCUT2D eigenvalue weighted by molar-refractivity contribution is 5.29. The highest BCUT2D eigenvalue weighted by Gasteiger charge is 2.27. The number of nitrogens with one attached hydrogen (secondary N) is 1. The SMILES string of the molecule is CNC(c1cc(C)c(F)cc1F)C(C)(C)C. The first-order valence-corrected chi connectivity index (χ1v) is 5.40. The standard InChI is InChI=1S/C13H19F2N/c1-8-6-9(11(15)7-10(8)14)12(16-5)13(2,3)4/h6-7,12,16H,1-5H3. The van der Waals surface area contributed by atoms with E-state index in [-0.39, 0.29) is 11.5 Å². The predicted octanol–water partition coefficient (Wildman–Crippen LogP) is 3.58. The summed E-state index contributed by atoms with van der Waals surface area (Å²) in [4.78, 5) is 0. The molecule has 0 bridgehead atoms. The molecule has 0 aliphatic rings. The molecule has 0 fully saturated rings. The first-order valence-electron chi connectivity index (χ1n) is 5.40. The normalized spacial score (nSPS) is 13.9. The van der Waals surface area contributed by atoms with Gasteiger partial charge in [0.1, 0.15) is 11.6 Å². The molecule has 0 heterocycles. The van der Waals surface area contributed by atoms with E-state index in [2.05, 4.69) is 5.32 Å². The van der Waals surface area contributed by atoms with Crippen LogP contribution in [-0.4, -0.2) is 7.05 Å². The van der Waals surface area contributed by atoms with Gasteiger partial charge in [0.2, 0.25) is 0 Å². The summed E-state index contributed by atoms with van der Waals surface area (Å²) in [6, 6.07) is 2.41. The van der Waals surface area contributed by atoms with Crippen LogP contribution in [0.4, 0.5) is 8.78 Å². The molecule has 0 spiro atoms. The Morgan fingerprint density at radius 1 is 1.12 bits per heavy atom. The van der Waals surface area contributed by atoms with Gasteiger partial charge in [-0.15, -0.1) is 0 Å². The lowest BCUT2D eigenvalue weighted by Crippen LogP contribution is -2.30. The summed E-state index contributed by atoms with van der Waals surface area (Å²) >= 11 is 0. The third-order valence-corrected chi connectivity index (χ3v) is 2.74. The van der Waals surface area contributed by atoms with E-state index in [1.165, 1.54) is 0 Å². The Bertz CT molecular complexity index is 380. The summed E-state index contributed by atoms with van der Waals surface area (Å²) in [6.45, 7) is 7.71. The van der Waals surface area contributed by atoms with Gasteiger partial charge < -0.3 is 5.32 Å². The van der Waals surface area contributed by atoms with Crippen molar-refractivity contribution in [2.75, 3.05) is 7.05 Å². The molecule has 0 aliphatic heterocycles. The molecule has 16 heavy (non-hydrogen) atoms. The molecule has 1 rings (SSSR count). The lowest BCUT2D eigenvalue weighted by atomic mass is 9.82. The third-order valence-electron chi connectivity index (χ3n) is 2.74. The van der Waals surface area contributed by atoms with Gasteiger partial charge in [0.15, 0.2) is 0 Å². The molecule has 1 atom stereocenters. The Hall–Kier alpha value is -0.960. The van der Waals surface area contributed by atoms with Crippen molar-refractivity contribution in [3.05, 3.63) is 34.9 Å². The zero-order valence-electron chi connectivity index (χ0n) is 10.5. The second-order valence-electron chi connectivity index (χ2n) is 5.21. The number of hydrogen-bond acceptors (Lipinski definition) is 1. The molecule has 1 aromatic carbocycles. The fourth-order valence-corrected chi connectivity index (χ4v) is 1.96. The van der Waals surface area contributed by atoms with Crippen molar-refractivity contribution in [3.8, 4) is 0 Å². The highest BCUT2D eigenvalue weighted by Crippen LogP contribution is 2.34. The summed E-state index contributed by atoms with van der Waals surface area (Å²) in [6.07, 6.45) is 0. The van der Waals surface area contributed by atoms with Crippen LogP contribution in [0.15, 0.2) is 12.1 Å². The minimum atomic E-state index is -0.495. The minimum absolute atomic E-state index is 0.125. The largest absolute Gasteiger partial charge is 0.312 e. The van der Waals surface area contributed by atoms with Crippen LogP contribution in [0.25, 0.3) is 0 Å². The Labute approximate surface area is 95.9 Å². The van der Waals surface area contributed by atoms with E-state index in [1.807, 2.05) is 20.8 Å². The van der Waals surface area contributed by atoms with Crippen LogP contribution in [0.1, 0.15) is 37.9 Å². The topological polar surface area (TPSA) is 12.0 Å². The number of aryl methyl sites for hydroxylation is 1. The molecule has 1 nitrogen and oxygen atoms in total. The van der Waals surface area contributed by atoms with Crippen LogP contribution in [0, 0.1) is 24.0 Å². The predicted molar refractivity (Wildman–Crippen MR) is 62.4 cm³/mol. The maximum Gasteiger partial charge on any atom is 0.130 e. The Morgan fingerprint density at radius 3 is 2.12 bits per heavy atom. The van der Waals surface area contributed by atoms with Gasteiger partial charge in [0, 0.05) is 17.7 Å². The fraction of sp³-hybridized carbons (Fsp3) is 0.538. The molecule has 0 radical (unpaired) electrons. The van der Waals surface area contributed by atoms with Crippen LogP contribution in [0.2, 0.25) is 0 Å². The van der Waals surface area contributed by atoms with Crippen molar-refractivity contribution in [2.24, 2.45) is 5.41 Å². The number of hydrogen-bond donors (Lipinski definition) is 1. The second-order valence-corrected chi connectivity index (χ2v) is 5.21. The first-order chi connectivity index (χ1) is 7.27. The number of halogens is 2. The molecular formula is C13H19F2N. The Kier molecular flexibility index (Phi) is 3.68. The van der Waals surface area contributed by atoms with E-state index in [0.717, 1.165) is 6.07 Å². The van der Waals surface area contributed by atoms with Crippen molar-refractivity contribution in [1.29, 1.82) is 0 Å². The zero-order chi connectivity index (χ0) is 12.5. The average Bonchev–Trinajstić information content (AvgIpc) is 2.12. The van der Waals surface area contributed by atoms with E-state index in [4.69, 9.17) is 0 Å². The molecule has 1 aromatic rings. The smallest absolute Gasteiger partial charge is 0.130 e. The van der Waals surface area contributed by atoms with Crippen LogP contribution in [0.5, 0.6) is 0 Å². The minimum Gasteiger partial charge on any atom is -0.312 e. The first kappa shape index (κ1) is 13.1. The van der Waals surface area contributed by atoms with E-state index < -0.39 is 11.6 Å². The van der Waals surface area contributed by atoms with Crippen molar-refractivity contribution in [2.45, 2.75) is 33.7 Å². The van der Waals surface area contributed by atoms with Gasteiger partial charge in [-0.25, -0.2) is 8.78 Å². The molecule has 1 N–H and O–H groups in total. The number of rotatable bonds is 2. The quantitative estimate of drug-likeness (QED) is 0.814. The van der Waals surface area contributed by atoms with E-state index >= 15 is 0 Å². The molecule has 3 heteroatoms. The van der Waals surface area contributed by atoms with Crippen molar-refractivity contribution in [1.82, 2.24) is 5.32 Å². The van der Waals surface area contributed by atoms with E-state index in [1.54, 1.807) is 20.0 Å². The Balaban J connectivity index is 3.26. The van der Waals surface area contributed by atoms with Crippen LogP contribution >= 0.6 is 0 Å². The summed E-state index contributed by atoms with van der Waals surface area (Å²) in [5, 5.41) is 3.08.